The van der Waals surface area contributed by atoms with Crippen molar-refractivity contribution in [3.63, 3.8) is 0 Å². The zero-order valence-electron chi connectivity index (χ0n) is 11.1. The number of benzene rings is 1. The van der Waals surface area contributed by atoms with Gasteiger partial charge in [-0.15, -0.1) is 0 Å². The highest BCUT2D eigenvalue weighted by Crippen LogP contribution is 2.29. The highest BCUT2D eigenvalue weighted by atomic mass is 16.5. The number of nitrogen functional groups attached to an aromatic ring is 1. The molecular weight excluding hydrogens is 238 g/mol. The normalized spacial score (nSPS) is 18.9. The van der Waals surface area contributed by atoms with E-state index >= 15 is 0 Å². The van der Waals surface area contributed by atoms with Crippen molar-refractivity contribution in [3.05, 3.63) is 30.0 Å². The maximum atomic E-state index is 6.03. The first kappa shape index (κ1) is 12.2. The number of hydrogen-bond donors (Lipinski definition) is 2. The molecule has 0 radical (unpaired) electrons. The summed E-state index contributed by atoms with van der Waals surface area (Å²) in [6.45, 7) is 3.77. The molecule has 1 aromatic heterocycles. The molecule has 1 unspecified atom stereocenters. The number of nitrogens with zero attached hydrogens (tertiary/aromatic N) is 1. The first-order valence-corrected chi connectivity index (χ1v) is 6.75. The Balaban J connectivity index is 1.92. The summed E-state index contributed by atoms with van der Waals surface area (Å²) in [7, 11) is 0. The van der Waals surface area contributed by atoms with Crippen LogP contribution in [0, 0.1) is 6.92 Å². The van der Waals surface area contributed by atoms with Gasteiger partial charge in [-0.1, -0.05) is 6.07 Å². The van der Waals surface area contributed by atoms with Crippen molar-refractivity contribution < 1.29 is 4.74 Å². The van der Waals surface area contributed by atoms with Crippen molar-refractivity contribution in [1.29, 1.82) is 0 Å². The van der Waals surface area contributed by atoms with Crippen LogP contribution in [0.4, 0.5) is 11.5 Å². The Kier molecular flexibility index (Phi) is 3.25. The number of aromatic nitrogens is 1. The third-order valence-corrected chi connectivity index (χ3v) is 3.69. The Hall–Kier alpha value is -1.81. The van der Waals surface area contributed by atoms with Gasteiger partial charge in [-0.3, -0.25) is 0 Å². The minimum absolute atomic E-state index is 0.304. The molecule has 4 heteroatoms. The van der Waals surface area contributed by atoms with Gasteiger partial charge in [0.2, 0.25) is 0 Å². The van der Waals surface area contributed by atoms with Crippen LogP contribution in [0.5, 0.6) is 0 Å². The second-order valence-electron chi connectivity index (χ2n) is 5.07. The third kappa shape index (κ3) is 2.36. The summed E-state index contributed by atoms with van der Waals surface area (Å²) in [6, 6.07) is 5.95. The van der Waals surface area contributed by atoms with E-state index < -0.39 is 0 Å². The first-order valence-electron chi connectivity index (χ1n) is 6.75. The monoisotopic (exact) mass is 257 g/mol. The molecule has 100 valence electrons. The summed E-state index contributed by atoms with van der Waals surface area (Å²) in [5.74, 6) is 0.901. The second-order valence-corrected chi connectivity index (χ2v) is 5.07. The molecule has 1 aromatic carbocycles. The minimum Gasteiger partial charge on any atom is -0.398 e. The van der Waals surface area contributed by atoms with Crippen LogP contribution in [-0.2, 0) is 4.74 Å². The molecule has 0 spiro atoms. The lowest BCUT2D eigenvalue weighted by atomic mass is 10.1. The van der Waals surface area contributed by atoms with E-state index in [-0.39, 0.29) is 0 Å². The highest BCUT2D eigenvalue weighted by Gasteiger charge is 2.16. The molecule has 3 rings (SSSR count). The standard InChI is InChI=1S/C15H19N3O/c1-10-4-5-13(16)12-6-7-17-15(14(10)12)18-9-11-3-2-8-19-11/h4-7,11H,2-3,8-9,16H2,1H3,(H,17,18). The molecule has 1 aliphatic heterocycles. The highest BCUT2D eigenvalue weighted by molar-refractivity contribution is 6.01. The van der Waals surface area contributed by atoms with Crippen LogP contribution < -0.4 is 11.1 Å². The van der Waals surface area contributed by atoms with Gasteiger partial charge in [-0.2, -0.15) is 0 Å². The molecule has 3 N–H and O–H groups in total. The zero-order valence-corrected chi connectivity index (χ0v) is 11.1. The van der Waals surface area contributed by atoms with Crippen LogP contribution in [0.1, 0.15) is 18.4 Å². The van der Waals surface area contributed by atoms with E-state index in [1.54, 1.807) is 6.20 Å². The fourth-order valence-electron chi connectivity index (χ4n) is 2.64. The van der Waals surface area contributed by atoms with E-state index in [4.69, 9.17) is 10.5 Å². The van der Waals surface area contributed by atoms with Crippen LogP contribution in [0.25, 0.3) is 10.8 Å². The van der Waals surface area contributed by atoms with Crippen LogP contribution in [0.2, 0.25) is 0 Å². The third-order valence-electron chi connectivity index (χ3n) is 3.69. The van der Waals surface area contributed by atoms with E-state index in [0.717, 1.165) is 48.3 Å². The summed E-state index contributed by atoms with van der Waals surface area (Å²) in [5.41, 5.74) is 8.01. The molecular formula is C15H19N3O. The molecule has 0 aliphatic carbocycles. The Bertz CT molecular complexity index is 591. The molecule has 0 amide bonds. The molecule has 4 nitrogen and oxygen atoms in total. The van der Waals surface area contributed by atoms with Gasteiger partial charge in [0.25, 0.3) is 0 Å². The predicted octanol–water partition coefficient (Wildman–Crippen LogP) is 2.72. The lowest BCUT2D eigenvalue weighted by Gasteiger charge is -2.14. The number of nitrogens with one attached hydrogen (secondary N) is 1. The summed E-state index contributed by atoms with van der Waals surface area (Å²) < 4.78 is 5.63. The number of pyridine rings is 1. The number of hydrogen-bond acceptors (Lipinski definition) is 4. The largest absolute Gasteiger partial charge is 0.398 e. The van der Waals surface area contributed by atoms with Crippen molar-refractivity contribution >= 4 is 22.3 Å². The lowest BCUT2D eigenvalue weighted by Crippen LogP contribution is -2.19. The predicted molar refractivity (Wildman–Crippen MR) is 78.4 cm³/mol. The van der Waals surface area contributed by atoms with Gasteiger partial charge in [-0.25, -0.2) is 4.98 Å². The Labute approximate surface area is 113 Å². The van der Waals surface area contributed by atoms with Gasteiger partial charge in [0.05, 0.1) is 6.10 Å². The summed E-state index contributed by atoms with van der Waals surface area (Å²) in [6.07, 6.45) is 4.38. The van der Waals surface area contributed by atoms with E-state index in [1.807, 2.05) is 18.2 Å². The molecule has 1 fully saturated rings. The van der Waals surface area contributed by atoms with Gasteiger partial charge < -0.3 is 15.8 Å². The van der Waals surface area contributed by atoms with Crippen molar-refractivity contribution in [2.24, 2.45) is 0 Å². The number of anilines is 2. The van der Waals surface area contributed by atoms with Crippen LogP contribution in [-0.4, -0.2) is 24.2 Å². The van der Waals surface area contributed by atoms with Gasteiger partial charge >= 0.3 is 0 Å². The molecule has 2 aromatic rings. The SMILES string of the molecule is Cc1ccc(N)c2ccnc(NCC3CCCO3)c12. The topological polar surface area (TPSA) is 60.2 Å². The van der Waals surface area contributed by atoms with Gasteiger partial charge in [0.15, 0.2) is 0 Å². The number of fused-ring (bicyclic) bond motifs is 1. The van der Waals surface area contributed by atoms with E-state index in [1.165, 1.54) is 5.56 Å². The fraction of sp³-hybridized carbons (Fsp3) is 0.400. The Morgan fingerprint density at radius 3 is 3.11 bits per heavy atom. The average Bonchev–Trinajstić information content (AvgIpc) is 2.94. The molecule has 1 atom stereocenters. The smallest absolute Gasteiger partial charge is 0.134 e. The summed E-state index contributed by atoms with van der Waals surface area (Å²) in [4.78, 5) is 4.45. The Morgan fingerprint density at radius 1 is 1.42 bits per heavy atom. The van der Waals surface area contributed by atoms with Crippen molar-refractivity contribution in [3.8, 4) is 0 Å². The van der Waals surface area contributed by atoms with Gasteiger partial charge in [0.1, 0.15) is 5.82 Å². The molecule has 0 bridgehead atoms. The van der Waals surface area contributed by atoms with E-state index in [9.17, 15) is 0 Å². The summed E-state index contributed by atoms with van der Waals surface area (Å²) in [5, 5.41) is 5.58. The quantitative estimate of drug-likeness (QED) is 0.830. The van der Waals surface area contributed by atoms with E-state index in [0.29, 0.717) is 6.10 Å². The van der Waals surface area contributed by atoms with E-state index in [2.05, 4.69) is 17.2 Å². The van der Waals surface area contributed by atoms with Gasteiger partial charge in [0, 0.05) is 35.8 Å². The van der Waals surface area contributed by atoms with Crippen molar-refractivity contribution in [2.75, 3.05) is 24.2 Å². The zero-order chi connectivity index (χ0) is 13.2. The summed E-state index contributed by atoms with van der Waals surface area (Å²) >= 11 is 0. The van der Waals surface area contributed by atoms with Crippen LogP contribution in [0.15, 0.2) is 24.4 Å². The van der Waals surface area contributed by atoms with Crippen molar-refractivity contribution in [1.82, 2.24) is 4.98 Å². The molecule has 0 saturated carbocycles. The fourth-order valence-corrected chi connectivity index (χ4v) is 2.64. The average molecular weight is 257 g/mol. The van der Waals surface area contributed by atoms with Gasteiger partial charge in [-0.05, 0) is 37.5 Å². The molecule has 1 saturated heterocycles. The maximum absolute atomic E-state index is 6.03. The maximum Gasteiger partial charge on any atom is 0.134 e. The number of aryl methyl sites for hydroxylation is 1. The van der Waals surface area contributed by atoms with Crippen LogP contribution in [0.3, 0.4) is 0 Å². The van der Waals surface area contributed by atoms with Crippen LogP contribution >= 0.6 is 0 Å². The first-order chi connectivity index (χ1) is 9.25. The number of ether oxygens (including phenoxy) is 1. The minimum atomic E-state index is 0.304. The Morgan fingerprint density at radius 2 is 2.32 bits per heavy atom. The number of nitrogens with two attached hydrogens (primary N) is 1. The molecule has 19 heavy (non-hydrogen) atoms. The second kappa shape index (κ2) is 5.05. The number of rotatable bonds is 3. The lowest BCUT2D eigenvalue weighted by molar-refractivity contribution is 0.120. The van der Waals surface area contributed by atoms with Crippen molar-refractivity contribution in [2.45, 2.75) is 25.9 Å². The molecule has 2 heterocycles. The molecule has 1 aliphatic rings.